The Morgan fingerprint density at radius 1 is 1.71 bits per heavy atom. The average molecular weight is 213 g/mol. The third-order valence-corrected chi connectivity index (χ3v) is 2.50. The van der Waals surface area contributed by atoms with Crippen LogP contribution in [0, 0.1) is 6.92 Å². The van der Waals surface area contributed by atoms with E-state index in [2.05, 4.69) is 28.5 Å². The van der Waals surface area contributed by atoms with Crippen LogP contribution in [0.2, 0.25) is 0 Å². The molecular formula is C9H15N3OS. The van der Waals surface area contributed by atoms with Crippen molar-refractivity contribution < 1.29 is 0 Å². The molecule has 78 valence electrons. The second-order valence-electron chi connectivity index (χ2n) is 3.22. The number of anilines is 1. The predicted molar refractivity (Wildman–Crippen MR) is 61.1 cm³/mol. The Bertz CT molecular complexity index is 350. The first-order valence-electron chi connectivity index (χ1n) is 4.45. The molecule has 1 unspecified atom stereocenters. The Balaban J connectivity index is 2.71. The zero-order chi connectivity index (χ0) is 10.6. The van der Waals surface area contributed by atoms with Crippen LogP contribution in [-0.4, -0.2) is 28.0 Å². The summed E-state index contributed by atoms with van der Waals surface area (Å²) in [6, 6.07) is 1.79. The van der Waals surface area contributed by atoms with Crippen LogP contribution >= 0.6 is 11.8 Å². The third-order valence-electron chi connectivity index (χ3n) is 1.67. The van der Waals surface area contributed by atoms with Gasteiger partial charge in [-0.3, -0.25) is 4.79 Å². The quantitative estimate of drug-likeness (QED) is 0.790. The third kappa shape index (κ3) is 3.41. The van der Waals surface area contributed by atoms with Crippen molar-refractivity contribution in [3.05, 3.63) is 22.2 Å². The number of aromatic amines is 1. The summed E-state index contributed by atoms with van der Waals surface area (Å²) in [7, 11) is 0. The molecule has 1 atom stereocenters. The largest absolute Gasteiger partial charge is 0.367 e. The molecule has 4 nitrogen and oxygen atoms in total. The molecule has 0 spiro atoms. The second kappa shape index (κ2) is 5.05. The number of hydrogen-bond donors (Lipinski definition) is 2. The molecule has 1 heterocycles. The molecule has 1 rings (SSSR count). The molecule has 0 bridgehead atoms. The number of nitrogens with one attached hydrogen (secondary N) is 2. The summed E-state index contributed by atoms with van der Waals surface area (Å²) in [5.41, 5.74) is -0.114. The van der Waals surface area contributed by atoms with E-state index in [-0.39, 0.29) is 5.56 Å². The van der Waals surface area contributed by atoms with Crippen molar-refractivity contribution in [2.45, 2.75) is 19.9 Å². The van der Waals surface area contributed by atoms with Gasteiger partial charge >= 0.3 is 0 Å². The molecular weight excluding hydrogens is 198 g/mol. The van der Waals surface area contributed by atoms with Crippen LogP contribution in [0.5, 0.6) is 0 Å². The average Bonchev–Trinajstić information content (AvgIpc) is 2.01. The SMILES string of the molecule is CSCC(C)Nc1cc(=O)[nH]c(C)n1. The number of rotatable bonds is 4. The minimum absolute atomic E-state index is 0.114. The van der Waals surface area contributed by atoms with Crippen molar-refractivity contribution in [3.63, 3.8) is 0 Å². The Labute approximate surface area is 87.5 Å². The lowest BCUT2D eigenvalue weighted by atomic mass is 10.4. The summed E-state index contributed by atoms with van der Waals surface area (Å²) in [4.78, 5) is 17.9. The molecule has 0 fully saturated rings. The summed E-state index contributed by atoms with van der Waals surface area (Å²) in [5.74, 6) is 2.28. The van der Waals surface area contributed by atoms with Gasteiger partial charge in [0.15, 0.2) is 0 Å². The zero-order valence-electron chi connectivity index (χ0n) is 8.63. The van der Waals surface area contributed by atoms with Crippen LogP contribution in [0.15, 0.2) is 10.9 Å². The van der Waals surface area contributed by atoms with Crippen LogP contribution < -0.4 is 10.9 Å². The first-order chi connectivity index (χ1) is 6.61. The molecule has 0 aliphatic heterocycles. The predicted octanol–water partition coefficient (Wildman–Crippen LogP) is 1.24. The fourth-order valence-corrected chi connectivity index (χ4v) is 1.78. The summed E-state index contributed by atoms with van der Waals surface area (Å²) in [5, 5.41) is 3.17. The lowest BCUT2D eigenvalue weighted by molar-refractivity contribution is 0.889. The van der Waals surface area contributed by atoms with E-state index in [0.29, 0.717) is 17.7 Å². The van der Waals surface area contributed by atoms with Gasteiger partial charge in [-0.05, 0) is 20.1 Å². The van der Waals surface area contributed by atoms with Crippen molar-refractivity contribution >= 4 is 17.6 Å². The van der Waals surface area contributed by atoms with Gasteiger partial charge in [-0.25, -0.2) is 4.98 Å². The maximum Gasteiger partial charge on any atom is 0.252 e. The van der Waals surface area contributed by atoms with Crippen LogP contribution in [-0.2, 0) is 0 Å². The maximum atomic E-state index is 11.1. The van der Waals surface area contributed by atoms with Crippen LogP contribution in [0.25, 0.3) is 0 Å². The van der Waals surface area contributed by atoms with Crippen molar-refractivity contribution in [2.24, 2.45) is 0 Å². The Morgan fingerprint density at radius 3 is 3.00 bits per heavy atom. The molecule has 0 amide bonds. The van der Waals surface area contributed by atoms with E-state index in [1.807, 2.05) is 0 Å². The number of nitrogens with zero attached hydrogens (tertiary/aromatic N) is 1. The van der Waals surface area contributed by atoms with E-state index in [1.165, 1.54) is 6.07 Å². The molecule has 0 radical (unpaired) electrons. The van der Waals surface area contributed by atoms with Crippen molar-refractivity contribution in [1.29, 1.82) is 0 Å². The van der Waals surface area contributed by atoms with Gasteiger partial charge < -0.3 is 10.3 Å². The van der Waals surface area contributed by atoms with Gasteiger partial charge in [0.05, 0.1) is 0 Å². The van der Waals surface area contributed by atoms with E-state index in [4.69, 9.17) is 0 Å². The summed E-state index contributed by atoms with van der Waals surface area (Å²) in [6.45, 7) is 3.83. The minimum Gasteiger partial charge on any atom is -0.367 e. The highest BCUT2D eigenvalue weighted by atomic mass is 32.2. The number of H-pyrrole nitrogens is 1. The van der Waals surface area contributed by atoms with Crippen LogP contribution in [0.1, 0.15) is 12.7 Å². The fourth-order valence-electron chi connectivity index (χ4n) is 1.20. The standard InChI is InChI=1S/C9H15N3OS/c1-6(5-14-3)10-8-4-9(13)12-7(2)11-8/h4,6H,5H2,1-3H3,(H2,10,11,12,13). The maximum absolute atomic E-state index is 11.1. The summed E-state index contributed by atoms with van der Waals surface area (Å²) in [6.07, 6.45) is 2.05. The molecule has 0 saturated carbocycles. The van der Waals surface area contributed by atoms with Gasteiger partial charge in [-0.15, -0.1) is 0 Å². The topological polar surface area (TPSA) is 57.8 Å². The minimum atomic E-state index is -0.114. The van der Waals surface area contributed by atoms with Crippen molar-refractivity contribution in [2.75, 3.05) is 17.3 Å². The van der Waals surface area contributed by atoms with E-state index in [0.717, 1.165) is 5.75 Å². The Hall–Kier alpha value is -0.970. The number of aromatic nitrogens is 2. The fraction of sp³-hybridized carbons (Fsp3) is 0.556. The molecule has 14 heavy (non-hydrogen) atoms. The normalized spacial score (nSPS) is 12.5. The number of hydrogen-bond acceptors (Lipinski definition) is 4. The van der Waals surface area contributed by atoms with Crippen LogP contribution in [0.3, 0.4) is 0 Å². The number of thioether (sulfide) groups is 1. The van der Waals surface area contributed by atoms with Gasteiger partial charge in [0.25, 0.3) is 5.56 Å². The first kappa shape index (κ1) is 11.1. The molecule has 5 heteroatoms. The lowest BCUT2D eigenvalue weighted by Crippen LogP contribution is -2.21. The Kier molecular flexibility index (Phi) is 4.00. The van der Waals surface area contributed by atoms with Crippen LogP contribution in [0.4, 0.5) is 5.82 Å². The van der Waals surface area contributed by atoms with Gasteiger partial charge in [0.1, 0.15) is 11.6 Å². The van der Waals surface area contributed by atoms with Crippen molar-refractivity contribution in [1.82, 2.24) is 9.97 Å². The Morgan fingerprint density at radius 2 is 2.43 bits per heavy atom. The zero-order valence-corrected chi connectivity index (χ0v) is 9.44. The van der Waals surface area contributed by atoms with E-state index < -0.39 is 0 Å². The molecule has 2 N–H and O–H groups in total. The van der Waals surface area contributed by atoms with Gasteiger partial charge in [-0.1, -0.05) is 0 Å². The summed E-state index contributed by atoms with van der Waals surface area (Å²) >= 11 is 1.76. The van der Waals surface area contributed by atoms with E-state index in [9.17, 15) is 4.79 Å². The molecule has 1 aromatic rings. The molecule has 0 aliphatic rings. The highest BCUT2D eigenvalue weighted by Gasteiger charge is 2.02. The van der Waals surface area contributed by atoms with E-state index >= 15 is 0 Å². The van der Waals surface area contributed by atoms with Gasteiger partial charge in [-0.2, -0.15) is 11.8 Å². The first-order valence-corrected chi connectivity index (χ1v) is 5.84. The highest BCUT2D eigenvalue weighted by molar-refractivity contribution is 7.98. The molecule has 1 aromatic heterocycles. The van der Waals surface area contributed by atoms with Gasteiger partial charge in [0, 0.05) is 17.9 Å². The van der Waals surface area contributed by atoms with E-state index in [1.54, 1.807) is 18.7 Å². The molecule has 0 aliphatic carbocycles. The monoisotopic (exact) mass is 213 g/mol. The molecule has 0 aromatic carbocycles. The van der Waals surface area contributed by atoms with Crippen molar-refractivity contribution in [3.8, 4) is 0 Å². The highest BCUT2D eigenvalue weighted by Crippen LogP contribution is 2.04. The second-order valence-corrected chi connectivity index (χ2v) is 4.13. The molecule has 0 saturated heterocycles. The smallest absolute Gasteiger partial charge is 0.252 e. The lowest BCUT2D eigenvalue weighted by Gasteiger charge is -2.12. The summed E-state index contributed by atoms with van der Waals surface area (Å²) < 4.78 is 0. The van der Waals surface area contributed by atoms with Gasteiger partial charge in [0.2, 0.25) is 0 Å². The number of aryl methyl sites for hydroxylation is 1.